The summed E-state index contributed by atoms with van der Waals surface area (Å²) in [5.41, 5.74) is 0. The number of hydrogen-bond donors (Lipinski definition) is 0. The maximum Gasteiger partial charge on any atom is 0.0959 e. The van der Waals surface area contributed by atoms with Crippen molar-refractivity contribution >= 4 is 11.3 Å². The van der Waals surface area contributed by atoms with E-state index >= 15 is 0 Å². The van der Waals surface area contributed by atoms with Gasteiger partial charge < -0.3 is 4.74 Å². The number of hydrogen-bond acceptors (Lipinski definition) is 4. The van der Waals surface area contributed by atoms with Crippen molar-refractivity contribution < 1.29 is 4.74 Å². The monoisotopic (exact) mass is 292 g/mol. The summed E-state index contributed by atoms with van der Waals surface area (Å²) in [4.78, 5) is 8.74. The molecule has 1 aromatic heterocycles. The highest BCUT2D eigenvalue weighted by Gasteiger charge is 2.32. The fraction of sp³-hybridized carbons (Fsp3) is 0.812. The van der Waals surface area contributed by atoms with Gasteiger partial charge in [-0.1, -0.05) is 6.42 Å². The van der Waals surface area contributed by atoms with Gasteiger partial charge >= 0.3 is 0 Å². The molecule has 3 heterocycles. The van der Waals surface area contributed by atoms with E-state index in [0.717, 1.165) is 37.5 Å². The first kappa shape index (κ1) is 13.2. The normalized spacial score (nSPS) is 31.8. The second-order valence-corrected chi connectivity index (χ2v) is 7.85. The molecule has 0 aromatic carbocycles. The highest BCUT2D eigenvalue weighted by Crippen LogP contribution is 2.38. The van der Waals surface area contributed by atoms with E-state index in [1.54, 1.807) is 0 Å². The molecular formula is C16H24N2OS. The molecule has 2 aliphatic heterocycles. The molecule has 3 fully saturated rings. The second-order valence-electron chi connectivity index (χ2n) is 6.70. The third-order valence-electron chi connectivity index (χ3n) is 5.35. The number of aromatic nitrogens is 1. The summed E-state index contributed by atoms with van der Waals surface area (Å²) in [6.07, 6.45) is 8.90. The van der Waals surface area contributed by atoms with Crippen LogP contribution in [0.25, 0.3) is 0 Å². The Labute approximate surface area is 125 Å². The Morgan fingerprint density at radius 3 is 2.95 bits per heavy atom. The summed E-state index contributed by atoms with van der Waals surface area (Å²) in [5.74, 6) is 2.49. The quantitative estimate of drug-likeness (QED) is 0.851. The molecule has 2 atom stereocenters. The maximum atomic E-state index is 5.55. The standard InChI is InChI=1S/C16H24N2OS/c1-2-12(3-1)16-17-8-15(20-16)10-18-6-4-13(9-18)14-5-7-19-11-14/h8,12-14H,1-7,9-11H2. The molecule has 110 valence electrons. The Bertz CT molecular complexity index is 451. The SMILES string of the molecule is c1nc(C2CCC2)sc1CN1CCC(C2CCOC2)C1. The predicted octanol–water partition coefficient (Wildman–Crippen LogP) is 3.27. The molecule has 0 N–H and O–H groups in total. The average Bonchev–Trinajstić information content (AvgIpc) is 3.07. The molecule has 4 rings (SSSR count). The van der Waals surface area contributed by atoms with Crippen molar-refractivity contribution in [2.24, 2.45) is 11.8 Å². The zero-order valence-electron chi connectivity index (χ0n) is 12.1. The van der Waals surface area contributed by atoms with Gasteiger partial charge in [-0.2, -0.15) is 0 Å². The summed E-state index contributed by atoms with van der Waals surface area (Å²) < 4.78 is 5.55. The fourth-order valence-electron chi connectivity index (χ4n) is 3.78. The Morgan fingerprint density at radius 2 is 2.20 bits per heavy atom. The van der Waals surface area contributed by atoms with Crippen LogP contribution in [0.15, 0.2) is 6.20 Å². The van der Waals surface area contributed by atoms with E-state index in [2.05, 4.69) is 16.1 Å². The van der Waals surface area contributed by atoms with Gasteiger partial charge in [0.1, 0.15) is 0 Å². The first-order valence-corrected chi connectivity index (χ1v) is 8.95. The van der Waals surface area contributed by atoms with Crippen LogP contribution in [0.4, 0.5) is 0 Å². The van der Waals surface area contributed by atoms with Crippen molar-refractivity contribution in [1.29, 1.82) is 0 Å². The first-order valence-electron chi connectivity index (χ1n) is 8.13. The molecule has 1 aromatic rings. The van der Waals surface area contributed by atoms with Crippen molar-refractivity contribution in [2.45, 2.75) is 44.6 Å². The van der Waals surface area contributed by atoms with Crippen molar-refractivity contribution in [3.8, 4) is 0 Å². The molecule has 3 nitrogen and oxygen atoms in total. The molecule has 0 bridgehead atoms. The Hall–Kier alpha value is -0.450. The zero-order chi connectivity index (χ0) is 13.4. The van der Waals surface area contributed by atoms with Crippen LogP contribution in [0.5, 0.6) is 0 Å². The summed E-state index contributed by atoms with van der Waals surface area (Å²) in [6.45, 7) is 5.64. The Morgan fingerprint density at radius 1 is 1.25 bits per heavy atom. The predicted molar refractivity (Wildman–Crippen MR) is 81.0 cm³/mol. The molecule has 20 heavy (non-hydrogen) atoms. The molecule has 3 aliphatic rings. The van der Waals surface area contributed by atoms with Gasteiger partial charge in [0.2, 0.25) is 0 Å². The second kappa shape index (κ2) is 5.74. The number of rotatable bonds is 4. The van der Waals surface area contributed by atoms with E-state index in [9.17, 15) is 0 Å². The Kier molecular flexibility index (Phi) is 3.80. The van der Waals surface area contributed by atoms with Crippen LogP contribution in [0.3, 0.4) is 0 Å². The van der Waals surface area contributed by atoms with Crippen LogP contribution >= 0.6 is 11.3 Å². The molecule has 0 radical (unpaired) electrons. The molecular weight excluding hydrogens is 268 g/mol. The van der Waals surface area contributed by atoms with Crippen molar-refractivity contribution in [3.63, 3.8) is 0 Å². The van der Waals surface area contributed by atoms with Gasteiger partial charge in [0.15, 0.2) is 0 Å². The van der Waals surface area contributed by atoms with E-state index in [4.69, 9.17) is 4.74 Å². The lowest BCUT2D eigenvalue weighted by atomic mass is 9.86. The van der Waals surface area contributed by atoms with E-state index < -0.39 is 0 Å². The number of thiazole rings is 1. The van der Waals surface area contributed by atoms with Crippen LogP contribution in [0.1, 0.15) is 47.9 Å². The third-order valence-corrected chi connectivity index (χ3v) is 6.49. The van der Waals surface area contributed by atoms with Crippen LogP contribution in [-0.2, 0) is 11.3 Å². The van der Waals surface area contributed by atoms with Gasteiger partial charge in [0.05, 0.1) is 5.01 Å². The lowest BCUT2D eigenvalue weighted by Gasteiger charge is -2.22. The highest BCUT2D eigenvalue weighted by atomic mass is 32.1. The van der Waals surface area contributed by atoms with Gasteiger partial charge in [-0.05, 0) is 44.1 Å². The summed E-state index contributed by atoms with van der Waals surface area (Å²) in [5, 5.41) is 1.39. The third kappa shape index (κ3) is 2.66. The number of nitrogens with zero attached hydrogens (tertiary/aromatic N) is 2. The van der Waals surface area contributed by atoms with Crippen LogP contribution in [0, 0.1) is 11.8 Å². The van der Waals surface area contributed by atoms with Gasteiger partial charge in [-0.3, -0.25) is 4.90 Å². The van der Waals surface area contributed by atoms with E-state index in [1.807, 2.05) is 11.3 Å². The highest BCUT2D eigenvalue weighted by molar-refractivity contribution is 7.11. The fourth-order valence-corrected chi connectivity index (χ4v) is 4.90. The lowest BCUT2D eigenvalue weighted by Crippen LogP contribution is -2.22. The van der Waals surface area contributed by atoms with Crippen LogP contribution in [0.2, 0.25) is 0 Å². The smallest absolute Gasteiger partial charge is 0.0959 e. The molecule has 0 spiro atoms. The Balaban J connectivity index is 1.31. The maximum absolute atomic E-state index is 5.55. The molecule has 1 saturated carbocycles. The average molecular weight is 292 g/mol. The molecule has 0 amide bonds. The lowest BCUT2D eigenvalue weighted by molar-refractivity contribution is 0.171. The summed E-state index contributed by atoms with van der Waals surface area (Å²) >= 11 is 1.96. The van der Waals surface area contributed by atoms with Crippen molar-refractivity contribution in [3.05, 3.63) is 16.1 Å². The molecule has 4 heteroatoms. The summed E-state index contributed by atoms with van der Waals surface area (Å²) in [6, 6.07) is 0. The first-order chi connectivity index (χ1) is 9.88. The molecule has 1 aliphatic carbocycles. The van der Waals surface area contributed by atoms with Gasteiger partial charge in [0, 0.05) is 43.3 Å². The number of likely N-dealkylation sites (tertiary alicyclic amines) is 1. The van der Waals surface area contributed by atoms with E-state index in [-0.39, 0.29) is 0 Å². The van der Waals surface area contributed by atoms with Gasteiger partial charge in [0.25, 0.3) is 0 Å². The number of ether oxygens (including phenoxy) is 1. The van der Waals surface area contributed by atoms with Gasteiger partial charge in [-0.15, -0.1) is 11.3 Å². The summed E-state index contributed by atoms with van der Waals surface area (Å²) in [7, 11) is 0. The minimum Gasteiger partial charge on any atom is -0.381 e. The molecule has 2 unspecified atom stereocenters. The minimum absolute atomic E-state index is 0.788. The van der Waals surface area contributed by atoms with Gasteiger partial charge in [-0.25, -0.2) is 4.98 Å². The largest absolute Gasteiger partial charge is 0.381 e. The minimum atomic E-state index is 0.788. The zero-order valence-corrected chi connectivity index (χ0v) is 12.9. The topological polar surface area (TPSA) is 25.4 Å². The molecule has 2 saturated heterocycles. The van der Waals surface area contributed by atoms with Crippen molar-refractivity contribution in [2.75, 3.05) is 26.3 Å². The van der Waals surface area contributed by atoms with E-state index in [0.29, 0.717) is 0 Å². The van der Waals surface area contributed by atoms with E-state index in [1.165, 1.54) is 55.1 Å². The van der Waals surface area contributed by atoms with Crippen LogP contribution < -0.4 is 0 Å². The van der Waals surface area contributed by atoms with Crippen molar-refractivity contribution in [1.82, 2.24) is 9.88 Å². The van der Waals surface area contributed by atoms with Crippen LogP contribution in [-0.4, -0.2) is 36.2 Å².